The number of thiophene rings is 1. The highest BCUT2D eigenvalue weighted by Crippen LogP contribution is 2.17. The van der Waals surface area contributed by atoms with E-state index in [9.17, 15) is 4.79 Å². The molecule has 0 spiro atoms. The van der Waals surface area contributed by atoms with Gasteiger partial charge in [-0.05, 0) is 53.6 Å². The summed E-state index contributed by atoms with van der Waals surface area (Å²) < 4.78 is 5.78. The van der Waals surface area contributed by atoms with Gasteiger partial charge in [0, 0.05) is 11.3 Å². The van der Waals surface area contributed by atoms with Gasteiger partial charge in [0.15, 0.2) is 6.04 Å². The highest BCUT2D eigenvalue weighted by Gasteiger charge is 2.22. The molecule has 1 heterocycles. The number of benzene rings is 2. The van der Waals surface area contributed by atoms with Crippen LogP contribution in [0.25, 0.3) is 0 Å². The van der Waals surface area contributed by atoms with Crippen molar-refractivity contribution >= 4 is 22.9 Å². The van der Waals surface area contributed by atoms with Crippen LogP contribution < -0.4 is 15.0 Å². The summed E-state index contributed by atoms with van der Waals surface area (Å²) in [6, 6.07) is 19.5. The number of anilines is 1. The summed E-state index contributed by atoms with van der Waals surface area (Å²) in [6.07, 6.45) is 0. The Morgan fingerprint density at radius 3 is 2.48 bits per heavy atom. The predicted molar refractivity (Wildman–Crippen MR) is 110 cm³/mol. The third-order valence-corrected chi connectivity index (χ3v) is 5.30. The van der Waals surface area contributed by atoms with Gasteiger partial charge in [-0.1, -0.05) is 30.3 Å². The van der Waals surface area contributed by atoms with Crippen molar-refractivity contribution in [2.45, 2.75) is 26.1 Å². The molecular weight excluding hydrogens is 356 g/mol. The van der Waals surface area contributed by atoms with Crippen LogP contribution in [-0.4, -0.2) is 19.0 Å². The fraction of sp³-hybridized carbons (Fsp3) is 0.227. The zero-order chi connectivity index (χ0) is 19.1. The van der Waals surface area contributed by atoms with Gasteiger partial charge in [0.2, 0.25) is 0 Å². The van der Waals surface area contributed by atoms with Gasteiger partial charge in [-0.25, -0.2) is 0 Å². The van der Waals surface area contributed by atoms with Gasteiger partial charge in [-0.15, -0.1) is 0 Å². The molecule has 0 aliphatic carbocycles. The maximum Gasteiger partial charge on any atom is 0.282 e. The number of hydrogen-bond acceptors (Lipinski definition) is 3. The number of likely N-dealkylation sites (N-methyl/N-ethyl adjacent to an activating group) is 1. The van der Waals surface area contributed by atoms with Crippen molar-refractivity contribution < 1.29 is 14.4 Å². The van der Waals surface area contributed by atoms with E-state index in [1.165, 1.54) is 5.56 Å². The number of amides is 1. The number of hydrogen-bond donors (Lipinski definition) is 2. The quantitative estimate of drug-likeness (QED) is 0.628. The Bertz CT molecular complexity index is 833. The normalized spacial score (nSPS) is 13.0. The van der Waals surface area contributed by atoms with Crippen LogP contribution in [0.3, 0.4) is 0 Å². The van der Waals surface area contributed by atoms with E-state index in [1.54, 1.807) is 11.3 Å². The van der Waals surface area contributed by atoms with Crippen LogP contribution in [0.4, 0.5) is 5.69 Å². The molecule has 27 heavy (non-hydrogen) atoms. The van der Waals surface area contributed by atoms with Crippen LogP contribution in [-0.2, 0) is 17.9 Å². The molecule has 0 radical (unpaired) electrons. The van der Waals surface area contributed by atoms with Crippen molar-refractivity contribution in [1.82, 2.24) is 0 Å². The highest BCUT2D eigenvalue weighted by atomic mass is 32.1. The predicted octanol–water partition coefficient (Wildman–Crippen LogP) is 3.37. The lowest BCUT2D eigenvalue weighted by atomic mass is 10.2. The van der Waals surface area contributed by atoms with Crippen molar-refractivity contribution in [3.63, 3.8) is 0 Å². The average Bonchev–Trinajstić information content (AvgIpc) is 3.20. The van der Waals surface area contributed by atoms with Crippen LogP contribution in [0.1, 0.15) is 18.1 Å². The molecule has 0 bridgehead atoms. The highest BCUT2D eigenvalue weighted by molar-refractivity contribution is 7.07. The van der Waals surface area contributed by atoms with Crippen LogP contribution in [0, 0.1) is 0 Å². The van der Waals surface area contributed by atoms with Gasteiger partial charge in [-0.3, -0.25) is 4.79 Å². The monoisotopic (exact) mass is 381 g/mol. The Morgan fingerprint density at radius 1 is 1.07 bits per heavy atom. The summed E-state index contributed by atoms with van der Waals surface area (Å²) in [5.41, 5.74) is 3.17. The molecule has 3 aromatic rings. The second-order valence-corrected chi connectivity index (χ2v) is 7.44. The van der Waals surface area contributed by atoms with E-state index in [1.807, 2.05) is 68.6 Å². The largest absolute Gasteiger partial charge is 0.489 e. The molecule has 5 heteroatoms. The first-order valence-electron chi connectivity index (χ1n) is 9.03. The average molecular weight is 382 g/mol. The topological polar surface area (TPSA) is 42.8 Å². The third-order valence-electron chi connectivity index (χ3n) is 4.57. The van der Waals surface area contributed by atoms with Crippen LogP contribution in [0.15, 0.2) is 71.4 Å². The van der Waals surface area contributed by atoms with Gasteiger partial charge >= 0.3 is 0 Å². The van der Waals surface area contributed by atoms with Crippen LogP contribution >= 0.6 is 11.3 Å². The second-order valence-electron chi connectivity index (χ2n) is 6.66. The summed E-state index contributed by atoms with van der Waals surface area (Å²) in [5.74, 6) is 0.797. The Morgan fingerprint density at radius 2 is 1.81 bits per heavy atom. The SMILES string of the molecule is C[C@H](C(=O)Nc1ccc(OCc2ccccc2)cc1)[NH+](C)Cc1ccsc1. The number of rotatable bonds is 8. The van der Waals surface area contributed by atoms with Gasteiger partial charge < -0.3 is 15.0 Å². The van der Waals surface area contributed by atoms with Crippen molar-refractivity contribution in [3.8, 4) is 5.75 Å². The first-order valence-corrected chi connectivity index (χ1v) is 9.97. The summed E-state index contributed by atoms with van der Waals surface area (Å²) in [6.45, 7) is 3.32. The molecule has 0 aliphatic rings. The van der Waals surface area contributed by atoms with Crippen molar-refractivity contribution in [1.29, 1.82) is 0 Å². The number of ether oxygens (including phenoxy) is 1. The molecule has 2 aromatic carbocycles. The molecule has 0 saturated carbocycles. The van der Waals surface area contributed by atoms with E-state index in [0.29, 0.717) is 6.61 Å². The zero-order valence-electron chi connectivity index (χ0n) is 15.6. The van der Waals surface area contributed by atoms with E-state index < -0.39 is 0 Å². The van der Waals surface area contributed by atoms with Crippen molar-refractivity contribution in [2.24, 2.45) is 0 Å². The Hall–Kier alpha value is -2.63. The van der Waals surface area contributed by atoms with E-state index in [2.05, 4.69) is 22.1 Å². The lowest BCUT2D eigenvalue weighted by molar-refractivity contribution is -0.907. The molecule has 3 rings (SSSR count). The van der Waals surface area contributed by atoms with E-state index in [0.717, 1.165) is 28.4 Å². The van der Waals surface area contributed by atoms with Gasteiger partial charge in [0.05, 0.1) is 7.05 Å². The minimum Gasteiger partial charge on any atom is -0.489 e. The van der Waals surface area contributed by atoms with Gasteiger partial charge in [0.25, 0.3) is 5.91 Å². The fourth-order valence-corrected chi connectivity index (χ4v) is 3.39. The molecule has 1 amide bonds. The van der Waals surface area contributed by atoms with Crippen LogP contribution in [0.2, 0.25) is 0 Å². The molecule has 0 fully saturated rings. The molecule has 4 nitrogen and oxygen atoms in total. The lowest BCUT2D eigenvalue weighted by Crippen LogP contribution is -3.12. The van der Waals surface area contributed by atoms with E-state index in [4.69, 9.17) is 4.74 Å². The summed E-state index contributed by atoms with van der Waals surface area (Å²) in [7, 11) is 2.04. The molecule has 1 unspecified atom stereocenters. The maximum absolute atomic E-state index is 12.5. The Labute approximate surface area is 164 Å². The molecule has 0 saturated heterocycles. The number of carbonyl (C=O) groups is 1. The van der Waals surface area contributed by atoms with E-state index in [-0.39, 0.29) is 11.9 Å². The minimum atomic E-state index is -0.140. The molecule has 2 N–H and O–H groups in total. The first kappa shape index (κ1) is 19.1. The smallest absolute Gasteiger partial charge is 0.282 e. The maximum atomic E-state index is 12.5. The van der Waals surface area contributed by atoms with Gasteiger partial charge in [-0.2, -0.15) is 11.3 Å². The molecule has 2 atom stereocenters. The second kappa shape index (κ2) is 9.35. The Kier molecular flexibility index (Phi) is 6.63. The number of quaternary nitrogens is 1. The number of carbonyl (C=O) groups excluding carboxylic acids is 1. The minimum absolute atomic E-state index is 0.0145. The summed E-state index contributed by atoms with van der Waals surface area (Å²) >= 11 is 1.68. The molecular formula is C22H25N2O2S+. The van der Waals surface area contributed by atoms with Gasteiger partial charge in [0.1, 0.15) is 18.9 Å². The fourth-order valence-electron chi connectivity index (χ4n) is 2.72. The van der Waals surface area contributed by atoms with Crippen molar-refractivity contribution in [3.05, 3.63) is 82.6 Å². The van der Waals surface area contributed by atoms with Crippen LogP contribution in [0.5, 0.6) is 5.75 Å². The van der Waals surface area contributed by atoms with E-state index >= 15 is 0 Å². The third kappa shape index (κ3) is 5.67. The summed E-state index contributed by atoms with van der Waals surface area (Å²) in [5, 5.41) is 7.18. The van der Waals surface area contributed by atoms with Crippen molar-refractivity contribution in [2.75, 3.05) is 12.4 Å². The molecule has 140 valence electrons. The standard InChI is InChI=1S/C22H24N2O2S/c1-17(24(2)14-19-12-13-27-16-19)22(25)23-20-8-10-21(11-9-20)26-15-18-6-4-3-5-7-18/h3-13,16-17H,14-15H2,1-2H3,(H,23,25)/p+1/t17-/m1/s1. The molecule has 1 aromatic heterocycles. The lowest BCUT2D eigenvalue weighted by Gasteiger charge is -2.20. The Balaban J connectivity index is 1.50. The summed E-state index contributed by atoms with van der Waals surface area (Å²) in [4.78, 5) is 13.7. The first-order chi connectivity index (χ1) is 13.1. The molecule has 0 aliphatic heterocycles. The zero-order valence-corrected chi connectivity index (χ0v) is 16.5. The number of nitrogens with one attached hydrogen (secondary N) is 2.